The average molecular weight is 427 g/mol. The third-order valence-corrected chi connectivity index (χ3v) is 4.86. The van der Waals surface area contributed by atoms with Gasteiger partial charge in [0.15, 0.2) is 17.6 Å². The van der Waals surface area contributed by atoms with E-state index in [9.17, 15) is 9.59 Å². The smallest absolute Gasteiger partial charge is 0.359 e. The Kier molecular flexibility index (Phi) is 6.22. The molecule has 30 heavy (non-hydrogen) atoms. The number of aromatic nitrogens is 3. The van der Waals surface area contributed by atoms with Crippen LogP contribution in [0.2, 0.25) is 5.02 Å². The van der Waals surface area contributed by atoms with E-state index in [1.54, 1.807) is 16.8 Å². The summed E-state index contributed by atoms with van der Waals surface area (Å²) in [7, 11) is 0. The molecule has 0 aliphatic carbocycles. The largest absolute Gasteiger partial charge is 0.448 e. The lowest BCUT2D eigenvalue weighted by atomic mass is 10.1. The molecule has 156 valence electrons. The quantitative estimate of drug-likeness (QED) is 0.613. The number of nitrogens with one attached hydrogen (secondary N) is 1. The summed E-state index contributed by atoms with van der Waals surface area (Å²) in [6.45, 7) is 9.07. The Morgan fingerprint density at radius 3 is 2.50 bits per heavy atom. The van der Waals surface area contributed by atoms with E-state index in [4.69, 9.17) is 16.3 Å². The summed E-state index contributed by atoms with van der Waals surface area (Å²) in [5.41, 5.74) is 4.21. The highest BCUT2D eigenvalue weighted by molar-refractivity contribution is 6.33. The molecule has 3 aromatic rings. The van der Waals surface area contributed by atoms with Crippen molar-refractivity contribution in [3.8, 4) is 5.82 Å². The van der Waals surface area contributed by atoms with E-state index in [1.807, 2.05) is 52.0 Å². The molecular formula is C22H23ClN4O3. The fourth-order valence-corrected chi connectivity index (χ4v) is 3.11. The highest BCUT2D eigenvalue weighted by Gasteiger charge is 2.23. The van der Waals surface area contributed by atoms with Crippen molar-refractivity contribution in [2.45, 2.75) is 40.7 Å². The van der Waals surface area contributed by atoms with E-state index in [-0.39, 0.29) is 10.7 Å². The number of hydrogen-bond acceptors (Lipinski definition) is 5. The summed E-state index contributed by atoms with van der Waals surface area (Å²) in [5.74, 6) is -0.792. The number of amides is 1. The molecule has 1 aromatic carbocycles. The first-order valence-corrected chi connectivity index (χ1v) is 9.83. The van der Waals surface area contributed by atoms with Crippen molar-refractivity contribution >= 4 is 29.2 Å². The van der Waals surface area contributed by atoms with Gasteiger partial charge in [0.2, 0.25) is 0 Å². The van der Waals surface area contributed by atoms with Gasteiger partial charge in [0.1, 0.15) is 0 Å². The van der Waals surface area contributed by atoms with Crippen LogP contribution in [0.25, 0.3) is 5.82 Å². The fourth-order valence-electron chi connectivity index (χ4n) is 2.93. The number of esters is 1. The predicted molar refractivity (Wildman–Crippen MR) is 115 cm³/mol. The zero-order valence-electron chi connectivity index (χ0n) is 17.5. The van der Waals surface area contributed by atoms with Crippen molar-refractivity contribution in [1.82, 2.24) is 14.8 Å². The number of nitrogens with zero attached hydrogens (tertiary/aromatic N) is 3. The maximum Gasteiger partial charge on any atom is 0.359 e. The molecule has 0 radical (unpaired) electrons. The second kappa shape index (κ2) is 8.67. The van der Waals surface area contributed by atoms with Gasteiger partial charge < -0.3 is 10.1 Å². The normalized spacial score (nSPS) is 11.8. The van der Waals surface area contributed by atoms with Gasteiger partial charge in [-0.15, -0.1) is 0 Å². The van der Waals surface area contributed by atoms with E-state index < -0.39 is 18.0 Å². The minimum Gasteiger partial charge on any atom is -0.448 e. The summed E-state index contributed by atoms with van der Waals surface area (Å²) in [5, 5.41) is 7.27. The van der Waals surface area contributed by atoms with Crippen LogP contribution < -0.4 is 5.32 Å². The maximum atomic E-state index is 12.6. The molecule has 2 heterocycles. The summed E-state index contributed by atoms with van der Waals surface area (Å²) in [4.78, 5) is 29.5. The number of ether oxygens (including phenoxy) is 1. The van der Waals surface area contributed by atoms with Gasteiger partial charge in [-0.05, 0) is 70.0 Å². The van der Waals surface area contributed by atoms with Crippen molar-refractivity contribution in [1.29, 1.82) is 0 Å². The van der Waals surface area contributed by atoms with Gasteiger partial charge in [-0.1, -0.05) is 23.7 Å². The first-order chi connectivity index (χ1) is 14.2. The number of hydrogen-bond donors (Lipinski definition) is 1. The summed E-state index contributed by atoms with van der Waals surface area (Å²) < 4.78 is 6.93. The SMILES string of the molecule is Cc1ccc(C)c(NC(=O)C(C)OC(=O)c2nc(-n3nc(C)cc3C)ccc2Cl)c1. The Hall–Kier alpha value is -3.19. The van der Waals surface area contributed by atoms with Gasteiger partial charge in [-0.3, -0.25) is 4.79 Å². The third-order valence-electron chi connectivity index (χ3n) is 4.56. The van der Waals surface area contributed by atoms with Crippen LogP contribution in [0.4, 0.5) is 5.69 Å². The minimum absolute atomic E-state index is 0.0758. The van der Waals surface area contributed by atoms with Gasteiger partial charge in [0.05, 0.1) is 10.7 Å². The lowest BCUT2D eigenvalue weighted by molar-refractivity contribution is -0.123. The van der Waals surface area contributed by atoms with E-state index in [1.165, 1.54) is 6.92 Å². The van der Waals surface area contributed by atoms with Crippen LogP contribution in [-0.2, 0) is 9.53 Å². The highest BCUT2D eigenvalue weighted by Crippen LogP contribution is 2.20. The molecule has 0 aliphatic rings. The molecule has 1 unspecified atom stereocenters. The molecule has 7 nitrogen and oxygen atoms in total. The number of benzene rings is 1. The molecule has 8 heteroatoms. The monoisotopic (exact) mass is 426 g/mol. The maximum absolute atomic E-state index is 12.6. The first kappa shape index (κ1) is 21.5. The molecule has 0 spiro atoms. The molecule has 0 aliphatic heterocycles. The van der Waals surface area contributed by atoms with E-state index in [0.29, 0.717) is 11.5 Å². The Bertz CT molecular complexity index is 1120. The molecule has 0 saturated heterocycles. The molecule has 1 atom stereocenters. The number of halogens is 1. The van der Waals surface area contributed by atoms with Crippen molar-refractivity contribution in [2.24, 2.45) is 0 Å². The summed E-state index contributed by atoms with van der Waals surface area (Å²) in [6, 6.07) is 10.8. The van der Waals surface area contributed by atoms with E-state index >= 15 is 0 Å². The van der Waals surface area contributed by atoms with Crippen LogP contribution in [0.1, 0.15) is 39.9 Å². The van der Waals surface area contributed by atoms with Crippen molar-refractivity contribution < 1.29 is 14.3 Å². The molecule has 0 fully saturated rings. The van der Waals surface area contributed by atoms with Gasteiger partial charge in [-0.2, -0.15) is 5.10 Å². The number of anilines is 1. The first-order valence-electron chi connectivity index (χ1n) is 9.45. The lowest BCUT2D eigenvalue weighted by Gasteiger charge is -2.15. The van der Waals surface area contributed by atoms with Gasteiger partial charge >= 0.3 is 5.97 Å². The number of carbonyl (C=O) groups is 2. The Labute approximate surface area is 180 Å². The van der Waals surface area contributed by atoms with Crippen LogP contribution in [-0.4, -0.2) is 32.7 Å². The second-order valence-electron chi connectivity index (χ2n) is 7.19. The van der Waals surface area contributed by atoms with Crippen LogP contribution in [0.15, 0.2) is 36.4 Å². The summed E-state index contributed by atoms with van der Waals surface area (Å²) >= 11 is 6.16. The van der Waals surface area contributed by atoms with Crippen molar-refractivity contribution in [2.75, 3.05) is 5.32 Å². The van der Waals surface area contributed by atoms with Gasteiger partial charge in [0, 0.05) is 11.4 Å². The topological polar surface area (TPSA) is 86.1 Å². The third kappa shape index (κ3) is 4.68. The van der Waals surface area contributed by atoms with Crippen LogP contribution in [0, 0.1) is 27.7 Å². The van der Waals surface area contributed by atoms with Crippen LogP contribution in [0.3, 0.4) is 0 Å². The molecular weight excluding hydrogens is 404 g/mol. The average Bonchev–Trinajstić information content (AvgIpc) is 3.03. The fraction of sp³-hybridized carbons (Fsp3) is 0.273. The Morgan fingerprint density at radius 2 is 1.83 bits per heavy atom. The molecule has 0 bridgehead atoms. The molecule has 2 aromatic heterocycles. The van der Waals surface area contributed by atoms with Crippen molar-refractivity contribution in [3.05, 3.63) is 69.6 Å². The summed E-state index contributed by atoms with van der Waals surface area (Å²) in [6.07, 6.45) is -1.03. The zero-order valence-corrected chi connectivity index (χ0v) is 18.2. The van der Waals surface area contributed by atoms with Crippen molar-refractivity contribution in [3.63, 3.8) is 0 Å². The Balaban J connectivity index is 1.76. The number of pyridine rings is 1. The Morgan fingerprint density at radius 1 is 1.10 bits per heavy atom. The number of aryl methyl sites for hydroxylation is 4. The van der Waals surface area contributed by atoms with E-state index in [0.717, 1.165) is 22.5 Å². The van der Waals surface area contributed by atoms with Gasteiger partial charge in [0.25, 0.3) is 5.91 Å². The molecule has 1 amide bonds. The molecule has 3 rings (SSSR count). The minimum atomic E-state index is -1.03. The lowest BCUT2D eigenvalue weighted by Crippen LogP contribution is -2.30. The predicted octanol–water partition coefficient (Wildman–Crippen LogP) is 4.34. The van der Waals surface area contributed by atoms with Gasteiger partial charge in [-0.25, -0.2) is 14.5 Å². The molecule has 1 N–H and O–H groups in total. The van der Waals surface area contributed by atoms with Crippen LogP contribution >= 0.6 is 11.6 Å². The second-order valence-corrected chi connectivity index (χ2v) is 7.60. The molecule has 0 saturated carbocycles. The number of carbonyl (C=O) groups excluding carboxylic acids is 2. The van der Waals surface area contributed by atoms with Crippen LogP contribution in [0.5, 0.6) is 0 Å². The highest BCUT2D eigenvalue weighted by atomic mass is 35.5. The van der Waals surface area contributed by atoms with E-state index in [2.05, 4.69) is 15.4 Å². The standard InChI is InChI=1S/C22H23ClN4O3/c1-12-6-7-13(2)18(10-12)24-21(28)16(5)30-22(29)20-17(23)8-9-19(25-20)27-15(4)11-14(3)26-27/h6-11,16H,1-5H3,(H,24,28). The zero-order chi connectivity index (χ0) is 22.0. The number of rotatable bonds is 5.